The number of halogens is 1. The van der Waals surface area contributed by atoms with Crippen LogP contribution < -0.4 is 4.72 Å². The number of rotatable bonds is 6. The molecular weight excluding hydrogens is 368 g/mol. The summed E-state index contributed by atoms with van der Waals surface area (Å²) in [6, 6.07) is 18.5. The first-order chi connectivity index (χ1) is 12.4. The molecule has 4 nitrogen and oxygen atoms in total. The van der Waals surface area contributed by atoms with Gasteiger partial charge in [-0.15, -0.1) is 0 Å². The summed E-state index contributed by atoms with van der Waals surface area (Å²) in [6.07, 6.45) is 1.71. The van der Waals surface area contributed by atoms with Crippen molar-refractivity contribution in [1.29, 1.82) is 0 Å². The molecule has 1 heterocycles. The minimum absolute atomic E-state index is 0.117. The number of pyridine rings is 1. The number of aromatic nitrogens is 1. The van der Waals surface area contributed by atoms with Crippen LogP contribution in [-0.4, -0.2) is 13.4 Å². The number of aryl methyl sites for hydroxylation is 1. The van der Waals surface area contributed by atoms with Crippen LogP contribution in [0.2, 0.25) is 5.02 Å². The maximum atomic E-state index is 12.4. The van der Waals surface area contributed by atoms with E-state index < -0.39 is 10.0 Å². The van der Waals surface area contributed by atoms with E-state index in [0.717, 1.165) is 22.4 Å². The minimum atomic E-state index is -3.49. The Kier molecular flexibility index (Phi) is 5.71. The normalized spacial score (nSPS) is 11.5. The van der Waals surface area contributed by atoms with E-state index in [2.05, 4.69) is 9.71 Å². The summed E-state index contributed by atoms with van der Waals surface area (Å²) >= 11 is 5.92. The van der Waals surface area contributed by atoms with Crippen molar-refractivity contribution in [3.63, 3.8) is 0 Å². The number of benzene rings is 2. The molecule has 1 aromatic heterocycles. The van der Waals surface area contributed by atoms with Crippen LogP contribution in [0.15, 0.2) is 66.9 Å². The van der Waals surface area contributed by atoms with E-state index in [1.165, 1.54) is 0 Å². The quantitative estimate of drug-likeness (QED) is 0.685. The Morgan fingerprint density at radius 1 is 1.04 bits per heavy atom. The van der Waals surface area contributed by atoms with Gasteiger partial charge in [0.25, 0.3) is 0 Å². The highest BCUT2D eigenvalue weighted by Crippen LogP contribution is 2.22. The Hall–Kier alpha value is -2.21. The number of hydrogen-bond donors (Lipinski definition) is 1. The lowest BCUT2D eigenvalue weighted by Gasteiger charge is -2.11. The monoisotopic (exact) mass is 386 g/mol. The van der Waals surface area contributed by atoms with Gasteiger partial charge in [-0.3, -0.25) is 4.98 Å². The van der Waals surface area contributed by atoms with Crippen molar-refractivity contribution < 1.29 is 8.42 Å². The molecule has 0 spiro atoms. The van der Waals surface area contributed by atoms with Crippen molar-refractivity contribution in [3.05, 3.63) is 88.6 Å². The van der Waals surface area contributed by atoms with Gasteiger partial charge in [0.15, 0.2) is 0 Å². The zero-order valence-electron chi connectivity index (χ0n) is 14.3. The zero-order valence-corrected chi connectivity index (χ0v) is 15.9. The van der Waals surface area contributed by atoms with Gasteiger partial charge in [-0.05, 0) is 36.2 Å². The third-order valence-corrected chi connectivity index (χ3v) is 5.48. The molecule has 0 atom stereocenters. The van der Waals surface area contributed by atoms with E-state index in [9.17, 15) is 8.42 Å². The smallest absolute Gasteiger partial charge is 0.216 e. The highest BCUT2D eigenvalue weighted by molar-refractivity contribution is 7.88. The summed E-state index contributed by atoms with van der Waals surface area (Å²) in [5, 5.41) is 0.520. The number of hydrogen-bond acceptors (Lipinski definition) is 3. The van der Waals surface area contributed by atoms with E-state index >= 15 is 0 Å². The summed E-state index contributed by atoms with van der Waals surface area (Å²) in [5.74, 6) is -0.117. The Bertz CT molecular complexity index is 1000. The third kappa shape index (κ3) is 4.91. The second-order valence-electron chi connectivity index (χ2n) is 6.09. The van der Waals surface area contributed by atoms with Gasteiger partial charge >= 0.3 is 0 Å². The number of sulfonamides is 1. The molecule has 0 aliphatic carbocycles. The Balaban J connectivity index is 1.76. The molecular formula is C20H19ClN2O2S. The average molecular weight is 387 g/mol. The van der Waals surface area contributed by atoms with Gasteiger partial charge in [-0.1, -0.05) is 59.6 Å². The highest BCUT2D eigenvalue weighted by atomic mass is 35.5. The predicted molar refractivity (Wildman–Crippen MR) is 105 cm³/mol. The summed E-state index contributed by atoms with van der Waals surface area (Å²) in [6.45, 7) is 2.20. The van der Waals surface area contributed by atoms with Crippen LogP contribution in [-0.2, 0) is 22.3 Å². The third-order valence-electron chi connectivity index (χ3n) is 3.94. The molecule has 3 rings (SSSR count). The van der Waals surface area contributed by atoms with Crippen molar-refractivity contribution in [1.82, 2.24) is 9.71 Å². The SMILES string of the molecule is Cc1ccc(-c2ncccc2CNS(=O)(=O)Cc2cccc(Cl)c2)cc1. The standard InChI is InChI=1S/C20H19ClN2O2S/c1-15-7-9-17(10-8-15)20-18(5-3-11-22-20)13-23-26(24,25)14-16-4-2-6-19(21)12-16/h2-12,23H,13-14H2,1H3. The molecule has 1 N–H and O–H groups in total. The summed E-state index contributed by atoms with van der Waals surface area (Å²) < 4.78 is 27.5. The van der Waals surface area contributed by atoms with Crippen LogP contribution in [0.25, 0.3) is 11.3 Å². The van der Waals surface area contributed by atoms with Gasteiger partial charge in [0, 0.05) is 23.3 Å². The fraction of sp³-hybridized carbons (Fsp3) is 0.150. The molecule has 0 saturated heterocycles. The van der Waals surface area contributed by atoms with Crippen molar-refractivity contribution in [2.75, 3.05) is 0 Å². The van der Waals surface area contributed by atoms with Gasteiger partial charge in [0.05, 0.1) is 11.4 Å². The van der Waals surface area contributed by atoms with E-state index in [1.54, 1.807) is 36.5 Å². The summed E-state index contributed by atoms with van der Waals surface area (Å²) in [7, 11) is -3.49. The topological polar surface area (TPSA) is 59.1 Å². The molecule has 0 saturated carbocycles. The molecule has 6 heteroatoms. The fourth-order valence-electron chi connectivity index (χ4n) is 2.64. The van der Waals surface area contributed by atoms with Crippen molar-refractivity contribution >= 4 is 21.6 Å². The van der Waals surface area contributed by atoms with E-state index in [1.807, 2.05) is 37.3 Å². The summed E-state index contributed by atoms with van der Waals surface area (Å²) in [4.78, 5) is 4.42. The first-order valence-corrected chi connectivity index (χ1v) is 10.2. The Morgan fingerprint density at radius 3 is 2.54 bits per heavy atom. The Morgan fingerprint density at radius 2 is 1.81 bits per heavy atom. The number of nitrogens with one attached hydrogen (secondary N) is 1. The van der Waals surface area contributed by atoms with E-state index in [4.69, 9.17) is 11.6 Å². The maximum absolute atomic E-state index is 12.4. The van der Waals surface area contributed by atoms with Gasteiger partial charge in [0.1, 0.15) is 0 Å². The van der Waals surface area contributed by atoms with Crippen LogP contribution in [0.1, 0.15) is 16.7 Å². The predicted octanol–water partition coefficient (Wildman–Crippen LogP) is 4.33. The van der Waals surface area contributed by atoms with Gasteiger partial charge in [-0.2, -0.15) is 0 Å². The molecule has 0 unspecified atom stereocenters. The molecule has 2 aromatic carbocycles. The molecule has 0 aliphatic rings. The fourth-order valence-corrected chi connectivity index (χ4v) is 3.95. The zero-order chi connectivity index (χ0) is 18.6. The molecule has 0 fully saturated rings. The molecule has 26 heavy (non-hydrogen) atoms. The molecule has 0 amide bonds. The van der Waals surface area contributed by atoms with E-state index in [0.29, 0.717) is 10.6 Å². The van der Waals surface area contributed by atoms with Crippen molar-refractivity contribution in [2.24, 2.45) is 0 Å². The van der Waals surface area contributed by atoms with Crippen LogP contribution in [0.3, 0.4) is 0 Å². The van der Waals surface area contributed by atoms with Gasteiger partial charge < -0.3 is 0 Å². The molecule has 134 valence electrons. The summed E-state index contributed by atoms with van der Waals surface area (Å²) in [5.41, 5.74) is 4.37. The molecule has 0 radical (unpaired) electrons. The molecule has 0 aliphatic heterocycles. The van der Waals surface area contributed by atoms with E-state index in [-0.39, 0.29) is 12.3 Å². The van der Waals surface area contributed by atoms with Crippen LogP contribution in [0.5, 0.6) is 0 Å². The molecule has 3 aromatic rings. The second-order valence-corrected chi connectivity index (χ2v) is 8.33. The van der Waals surface area contributed by atoms with Gasteiger partial charge in [0.2, 0.25) is 10.0 Å². The number of nitrogens with zero attached hydrogens (tertiary/aromatic N) is 1. The van der Waals surface area contributed by atoms with Crippen LogP contribution in [0.4, 0.5) is 0 Å². The highest BCUT2D eigenvalue weighted by Gasteiger charge is 2.14. The van der Waals surface area contributed by atoms with Crippen LogP contribution in [0, 0.1) is 6.92 Å². The van der Waals surface area contributed by atoms with Gasteiger partial charge in [-0.25, -0.2) is 13.1 Å². The molecule has 0 bridgehead atoms. The van der Waals surface area contributed by atoms with Crippen LogP contribution >= 0.6 is 11.6 Å². The lowest BCUT2D eigenvalue weighted by atomic mass is 10.0. The lowest BCUT2D eigenvalue weighted by molar-refractivity contribution is 0.580. The average Bonchev–Trinajstić information content (AvgIpc) is 2.61. The van der Waals surface area contributed by atoms with Crippen molar-refractivity contribution in [3.8, 4) is 11.3 Å². The lowest BCUT2D eigenvalue weighted by Crippen LogP contribution is -2.25. The first kappa shape index (κ1) is 18.6. The Labute approximate surface area is 158 Å². The largest absolute Gasteiger partial charge is 0.256 e. The maximum Gasteiger partial charge on any atom is 0.216 e. The second kappa shape index (κ2) is 7.99. The first-order valence-electron chi connectivity index (χ1n) is 8.16. The van der Waals surface area contributed by atoms with Crippen molar-refractivity contribution in [2.45, 2.75) is 19.2 Å². The minimum Gasteiger partial charge on any atom is -0.256 e.